The predicted molar refractivity (Wildman–Crippen MR) is 87.0 cm³/mol. The number of carboxylic acids is 2. The summed E-state index contributed by atoms with van der Waals surface area (Å²) in [6, 6.07) is 0.559. The lowest BCUT2D eigenvalue weighted by atomic mass is 9.98. The van der Waals surface area contributed by atoms with Crippen molar-refractivity contribution in [2.75, 3.05) is 11.5 Å². The summed E-state index contributed by atoms with van der Waals surface area (Å²) in [5.74, 6) is -3.50. The average Bonchev–Trinajstić information content (AvgIpc) is 2.97. The Morgan fingerprint density at radius 3 is 2.43 bits per heavy atom. The van der Waals surface area contributed by atoms with Gasteiger partial charge in [-0.2, -0.15) is 23.1 Å². The van der Waals surface area contributed by atoms with Gasteiger partial charge in [0, 0.05) is 35.3 Å². The molecule has 0 aliphatic carbocycles. The number of thioether (sulfide) groups is 1. The molecule has 0 fully saturated rings. The van der Waals surface area contributed by atoms with Gasteiger partial charge in [-0.1, -0.05) is 0 Å². The predicted octanol–water partition coefficient (Wildman–Crippen LogP) is 1.34. The van der Waals surface area contributed by atoms with E-state index in [0.717, 1.165) is 11.8 Å². The third-order valence-corrected chi connectivity index (χ3v) is 4.77. The fourth-order valence-electron chi connectivity index (χ4n) is 1.83. The lowest BCUT2D eigenvalue weighted by Gasteiger charge is -2.16. The van der Waals surface area contributed by atoms with Crippen molar-refractivity contribution in [1.29, 1.82) is 0 Å². The Morgan fingerprint density at radius 1 is 1.26 bits per heavy atom. The Kier molecular flexibility index (Phi) is 7.76. The van der Waals surface area contributed by atoms with Crippen LogP contribution in [0.2, 0.25) is 0 Å². The summed E-state index contributed by atoms with van der Waals surface area (Å²) in [6.45, 7) is 1.22. The van der Waals surface area contributed by atoms with Crippen molar-refractivity contribution in [3.05, 3.63) is 22.4 Å². The molecule has 9 heteroatoms. The fourth-order valence-corrected chi connectivity index (χ4v) is 3.62. The maximum absolute atomic E-state index is 12.3. The first kappa shape index (κ1) is 19.2. The topological polar surface area (TPSA) is 121 Å². The van der Waals surface area contributed by atoms with E-state index >= 15 is 0 Å². The standard InChI is InChI=1S/C14H17NO6S2/c1-8(16)15-11(14(20)21)7-23-6-10(4-12(17)18)13(19)9-2-3-22-5-9/h2-3,5,10-11H,4,6-7H2,1H3,(H,15,16)(H,17,18)(H,20,21)/t10?,11-/m0/s1. The van der Waals surface area contributed by atoms with Crippen LogP contribution in [0.25, 0.3) is 0 Å². The van der Waals surface area contributed by atoms with Gasteiger partial charge in [-0.3, -0.25) is 14.4 Å². The second-order valence-electron chi connectivity index (χ2n) is 4.80. The van der Waals surface area contributed by atoms with Crippen molar-refractivity contribution < 1.29 is 29.4 Å². The Balaban J connectivity index is 2.63. The summed E-state index contributed by atoms with van der Waals surface area (Å²) in [5, 5.41) is 23.6. The van der Waals surface area contributed by atoms with Gasteiger partial charge in [0.25, 0.3) is 0 Å². The van der Waals surface area contributed by atoms with E-state index < -0.39 is 29.8 Å². The minimum atomic E-state index is -1.17. The van der Waals surface area contributed by atoms with E-state index in [1.165, 1.54) is 18.3 Å². The number of ketones is 1. The van der Waals surface area contributed by atoms with Crippen LogP contribution < -0.4 is 5.32 Å². The summed E-state index contributed by atoms with van der Waals surface area (Å²) in [5.41, 5.74) is 0.457. The van der Waals surface area contributed by atoms with Crippen LogP contribution >= 0.6 is 23.1 Å². The molecular formula is C14H17NO6S2. The molecule has 1 rings (SSSR count). The molecule has 1 unspecified atom stereocenters. The molecule has 0 bridgehead atoms. The fraction of sp³-hybridized carbons (Fsp3) is 0.429. The van der Waals surface area contributed by atoms with Gasteiger partial charge in [0.05, 0.1) is 6.42 Å². The highest BCUT2D eigenvalue weighted by Crippen LogP contribution is 2.20. The first-order chi connectivity index (χ1) is 10.8. The minimum absolute atomic E-state index is 0.0575. The zero-order chi connectivity index (χ0) is 17.4. The molecular weight excluding hydrogens is 342 g/mol. The highest BCUT2D eigenvalue weighted by molar-refractivity contribution is 7.99. The number of amides is 1. The van der Waals surface area contributed by atoms with Crippen molar-refractivity contribution in [2.24, 2.45) is 5.92 Å². The largest absolute Gasteiger partial charge is 0.481 e. The molecule has 1 aromatic rings. The second kappa shape index (κ2) is 9.31. The average molecular weight is 359 g/mol. The number of hydrogen-bond acceptors (Lipinski definition) is 6. The van der Waals surface area contributed by atoms with Gasteiger partial charge in [0.15, 0.2) is 5.78 Å². The zero-order valence-corrected chi connectivity index (χ0v) is 14.0. The quantitative estimate of drug-likeness (QED) is 0.539. The summed E-state index contributed by atoms with van der Waals surface area (Å²) in [7, 11) is 0. The second-order valence-corrected chi connectivity index (χ2v) is 6.65. The molecule has 0 saturated heterocycles. The van der Waals surface area contributed by atoms with E-state index in [1.54, 1.807) is 16.8 Å². The van der Waals surface area contributed by atoms with Gasteiger partial charge in [-0.25, -0.2) is 4.79 Å². The lowest BCUT2D eigenvalue weighted by molar-refractivity contribution is -0.140. The first-order valence-corrected chi connectivity index (χ1v) is 8.76. The number of carboxylic acid groups (broad SMARTS) is 2. The van der Waals surface area contributed by atoms with Crippen LogP contribution in [0.15, 0.2) is 16.8 Å². The number of Topliss-reactive ketones (excluding diaryl/α,β-unsaturated/α-hetero) is 1. The van der Waals surface area contributed by atoms with E-state index in [1.807, 2.05) is 0 Å². The third kappa shape index (κ3) is 6.83. The highest BCUT2D eigenvalue weighted by atomic mass is 32.2. The van der Waals surface area contributed by atoms with Gasteiger partial charge in [-0.05, 0) is 11.4 Å². The molecule has 1 amide bonds. The molecule has 126 valence electrons. The van der Waals surface area contributed by atoms with E-state index in [2.05, 4.69) is 5.32 Å². The summed E-state index contributed by atoms with van der Waals surface area (Å²) in [6.07, 6.45) is -0.320. The van der Waals surface area contributed by atoms with Crippen LogP contribution in [-0.2, 0) is 14.4 Å². The Morgan fingerprint density at radius 2 is 1.96 bits per heavy atom. The van der Waals surface area contributed by atoms with Crippen molar-refractivity contribution in [1.82, 2.24) is 5.32 Å². The first-order valence-electron chi connectivity index (χ1n) is 6.67. The van der Waals surface area contributed by atoms with E-state index in [4.69, 9.17) is 10.2 Å². The number of rotatable bonds is 10. The molecule has 0 spiro atoms. The Labute approximate surface area is 141 Å². The highest BCUT2D eigenvalue weighted by Gasteiger charge is 2.25. The molecule has 7 nitrogen and oxygen atoms in total. The normalized spacial score (nSPS) is 13.1. The van der Waals surface area contributed by atoms with Crippen LogP contribution in [0, 0.1) is 5.92 Å². The SMILES string of the molecule is CC(=O)N[C@@H](CSCC(CC(=O)O)C(=O)c1ccsc1)C(=O)O. The molecule has 0 radical (unpaired) electrons. The van der Waals surface area contributed by atoms with Gasteiger partial charge >= 0.3 is 11.9 Å². The van der Waals surface area contributed by atoms with Crippen LogP contribution in [-0.4, -0.2) is 51.4 Å². The molecule has 0 aliphatic rings. The number of nitrogens with one attached hydrogen (secondary N) is 1. The van der Waals surface area contributed by atoms with Crippen LogP contribution in [0.1, 0.15) is 23.7 Å². The summed E-state index contributed by atoms with van der Waals surface area (Å²) in [4.78, 5) is 45.2. The molecule has 23 heavy (non-hydrogen) atoms. The van der Waals surface area contributed by atoms with Crippen LogP contribution in [0.5, 0.6) is 0 Å². The maximum atomic E-state index is 12.3. The van der Waals surface area contributed by atoms with Crippen LogP contribution in [0.4, 0.5) is 0 Å². The Bertz CT molecular complexity index is 572. The molecule has 0 saturated carbocycles. The van der Waals surface area contributed by atoms with E-state index in [-0.39, 0.29) is 23.7 Å². The summed E-state index contributed by atoms with van der Waals surface area (Å²) < 4.78 is 0. The Hall–Kier alpha value is -1.87. The molecule has 0 aromatic carbocycles. The molecule has 1 heterocycles. The van der Waals surface area contributed by atoms with Gasteiger partial charge in [0.2, 0.25) is 5.91 Å². The van der Waals surface area contributed by atoms with Gasteiger partial charge in [0.1, 0.15) is 6.04 Å². The van der Waals surface area contributed by atoms with E-state index in [9.17, 15) is 19.2 Å². The lowest BCUT2D eigenvalue weighted by Crippen LogP contribution is -2.41. The zero-order valence-electron chi connectivity index (χ0n) is 12.4. The maximum Gasteiger partial charge on any atom is 0.327 e. The monoisotopic (exact) mass is 359 g/mol. The third-order valence-electron chi connectivity index (χ3n) is 2.88. The van der Waals surface area contributed by atoms with Crippen molar-refractivity contribution in [3.8, 4) is 0 Å². The summed E-state index contributed by atoms with van der Waals surface area (Å²) >= 11 is 2.47. The van der Waals surface area contributed by atoms with Crippen LogP contribution in [0.3, 0.4) is 0 Å². The van der Waals surface area contributed by atoms with Crippen molar-refractivity contribution >= 4 is 46.7 Å². The molecule has 2 atom stereocenters. The smallest absolute Gasteiger partial charge is 0.327 e. The number of carbonyl (C=O) groups is 4. The number of thiophene rings is 1. The van der Waals surface area contributed by atoms with Crippen molar-refractivity contribution in [3.63, 3.8) is 0 Å². The molecule has 3 N–H and O–H groups in total. The number of aliphatic carboxylic acids is 2. The number of hydrogen-bond donors (Lipinski definition) is 3. The molecule has 0 aliphatic heterocycles. The van der Waals surface area contributed by atoms with Crippen molar-refractivity contribution in [2.45, 2.75) is 19.4 Å². The van der Waals surface area contributed by atoms with Gasteiger partial charge in [-0.15, -0.1) is 0 Å². The molecule has 1 aromatic heterocycles. The minimum Gasteiger partial charge on any atom is -0.481 e. The van der Waals surface area contributed by atoms with E-state index in [0.29, 0.717) is 5.56 Å². The number of carbonyl (C=O) groups excluding carboxylic acids is 2. The van der Waals surface area contributed by atoms with Gasteiger partial charge < -0.3 is 15.5 Å².